The van der Waals surface area contributed by atoms with E-state index in [9.17, 15) is 0 Å². The number of unbranched alkanes of at least 4 members (excludes halogenated alkanes) is 9. The minimum Gasteiger partial charge on any atom is -0.399 e. The van der Waals surface area contributed by atoms with Crippen LogP contribution in [0.3, 0.4) is 0 Å². The second kappa shape index (κ2) is 16.3. The molecule has 0 bridgehead atoms. The molecule has 2 heteroatoms. The van der Waals surface area contributed by atoms with Crippen LogP contribution in [0.5, 0.6) is 0 Å². The summed E-state index contributed by atoms with van der Waals surface area (Å²) in [5, 5.41) is 0. The van der Waals surface area contributed by atoms with Crippen molar-refractivity contribution in [1.82, 2.24) is 0 Å². The van der Waals surface area contributed by atoms with Crippen molar-refractivity contribution in [3.05, 3.63) is 59.2 Å². The molecular formula is C37H58N2. The minimum absolute atomic E-state index is 0.652. The molecule has 2 aliphatic carbocycles. The van der Waals surface area contributed by atoms with Crippen molar-refractivity contribution < 1.29 is 0 Å². The molecule has 2 nitrogen and oxygen atoms in total. The van der Waals surface area contributed by atoms with Crippen LogP contribution in [0.2, 0.25) is 0 Å². The van der Waals surface area contributed by atoms with E-state index in [1.807, 2.05) is 12.1 Å². The van der Waals surface area contributed by atoms with Gasteiger partial charge < -0.3 is 11.5 Å². The zero-order chi connectivity index (χ0) is 27.3. The summed E-state index contributed by atoms with van der Waals surface area (Å²) in [5.74, 6) is 3.64. The van der Waals surface area contributed by atoms with Crippen LogP contribution in [0.25, 0.3) is 0 Å². The summed E-state index contributed by atoms with van der Waals surface area (Å²) in [6.45, 7) is 2.31. The van der Waals surface area contributed by atoms with Crippen LogP contribution in [-0.4, -0.2) is 0 Å². The third-order valence-electron chi connectivity index (χ3n) is 10.3. The van der Waals surface area contributed by atoms with E-state index in [1.165, 1.54) is 139 Å². The standard InChI is InChI=1S/C37H58N2/c1-2-3-4-5-6-7-8-9-10-11-12-29-13-18-32(19-14-29)33-20-22-34(23-21-33)36-26-17-31(28-37(36)39)27-30-15-24-35(38)25-16-30/h15-17,24-26,28-29,32-34H,2-14,18-23,27,38-39H2,1H3. The Kier molecular flexibility index (Phi) is 12.6. The smallest absolute Gasteiger partial charge is 0.0352 e. The Labute approximate surface area is 240 Å². The van der Waals surface area contributed by atoms with Crippen molar-refractivity contribution in [1.29, 1.82) is 0 Å². The first kappa shape index (κ1) is 30.0. The van der Waals surface area contributed by atoms with Gasteiger partial charge in [0, 0.05) is 11.4 Å². The van der Waals surface area contributed by atoms with Gasteiger partial charge in [-0.3, -0.25) is 0 Å². The predicted octanol–water partition coefficient (Wildman–Crippen LogP) is 10.8. The quantitative estimate of drug-likeness (QED) is 0.178. The SMILES string of the molecule is CCCCCCCCCCCCC1CCC(C2CCC(c3ccc(Cc4ccc(N)cc4)cc3N)CC2)CC1. The first-order valence-corrected chi connectivity index (χ1v) is 16.8. The molecule has 4 N–H and O–H groups in total. The summed E-state index contributed by atoms with van der Waals surface area (Å²) in [7, 11) is 0. The van der Waals surface area contributed by atoms with E-state index in [-0.39, 0.29) is 0 Å². The lowest BCUT2D eigenvalue weighted by molar-refractivity contribution is 0.155. The third-order valence-corrected chi connectivity index (χ3v) is 10.3. The van der Waals surface area contributed by atoms with E-state index in [0.717, 1.165) is 35.5 Å². The van der Waals surface area contributed by atoms with Gasteiger partial charge in [0.15, 0.2) is 0 Å². The molecular weight excluding hydrogens is 472 g/mol. The maximum Gasteiger partial charge on any atom is 0.0352 e. The number of nitrogens with two attached hydrogens (primary N) is 2. The molecule has 4 rings (SSSR count). The Hall–Kier alpha value is -1.96. The van der Waals surface area contributed by atoms with E-state index in [2.05, 4.69) is 37.3 Å². The molecule has 0 saturated heterocycles. The predicted molar refractivity (Wildman–Crippen MR) is 171 cm³/mol. The molecule has 0 aromatic heterocycles. The normalized spacial score (nSPS) is 23.6. The summed E-state index contributed by atoms with van der Waals surface area (Å²) in [6.07, 6.45) is 28.5. The number of nitrogen functional groups attached to an aromatic ring is 2. The molecule has 39 heavy (non-hydrogen) atoms. The topological polar surface area (TPSA) is 52.0 Å². The maximum atomic E-state index is 6.60. The molecule has 0 spiro atoms. The Morgan fingerprint density at radius 2 is 1.13 bits per heavy atom. The van der Waals surface area contributed by atoms with Crippen LogP contribution in [-0.2, 0) is 6.42 Å². The fraction of sp³-hybridized carbons (Fsp3) is 0.676. The first-order valence-electron chi connectivity index (χ1n) is 16.8. The van der Waals surface area contributed by atoms with Crippen LogP contribution >= 0.6 is 0 Å². The van der Waals surface area contributed by atoms with Gasteiger partial charge in [-0.1, -0.05) is 115 Å². The molecule has 0 amide bonds. The van der Waals surface area contributed by atoms with Crippen LogP contribution < -0.4 is 11.5 Å². The Bertz CT molecular complexity index is 932. The highest BCUT2D eigenvalue weighted by Gasteiger charge is 2.31. The van der Waals surface area contributed by atoms with Crippen molar-refractivity contribution in [3.63, 3.8) is 0 Å². The summed E-state index contributed by atoms with van der Waals surface area (Å²) in [6, 6.07) is 15.0. The fourth-order valence-corrected chi connectivity index (χ4v) is 7.75. The molecule has 0 unspecified atom stereocenters. The number of anilines is 2. The molecule has 0 heterocycles. The number of benzene rings is 2. The van der Waals surface area contributed by atoms with E-state index in [1.54, 1.807) is 0 Å². The van der Waals surface area contributed by atoms with Gasteiger partial charge in [0.2, 0.25) is 0 Å². The van der Waals surface area contributed by atoms with Gasteiger partial charge in [-0.25, -0.2) is 0 Å². The number of rotatable bonds is 15. The van der Waals surface area contributed by atoms with Crippen LogP contribution in [0.4, 0.5) is 11.4 Å². The summed E-state index contributed by atoms with van der Waals surface area (Å²) in [5.41, 5.74) is 18.2. The van der Waals surface area contributed by atoms with Crippen LogP contribution in [0, 0.1) is 17.8 Å². The lowest BCUT2D eigenvalue weighted by atomic mass is 9.68. The zero-order valence-corrected chi connectivity index (χ0v) is 25.1. The molecule has 0 aliphatic heterocycles. The van der Waals surface area contributed by atoms with Gasteiger partial charge in [0.05, 0.1) is 0 Å². The lowest BCUT2D eigenvalue weighted by Gasteiger charge is -2.38. The first-order chi connectivity index (χ1) is 19.1. The zero-order valence-electron chi connectivity index (χ0n) is 25.1. The Morgan fingerprint density at radius 3 is 1.72 bits per heavy atom. The minimum atomic E-state index is 0.652. The van der Waals surface area contributed by atoms with Gasteiger partial charge in [-0.05, 0) is 104 Å². The Morgan fingerprint density at radius 1 is 0.590 bits per heavy atom. The molecule has 2 fully saturated rings. The molecule has 0 radical (unpaired) electrons. The van der Waals surface area contributed by atoms with Crippen LogP contribution in [0.1, 0.15) is 152 Å². The third kappa shape index (κ3) is 9.87. The highest BCUT2D eigenvalue weighted by molar-refractivity contribution is 5.52. The highest BCUT2D eigenvalue weighted by atomic mass is 14.6. The van der Waals surface area contributed by atoms with E-state index in [4.69, 9.17) is 11.5 Å². The average Bonchev–Trinajstić information content (AvgIpc) is 2.96. The molecule has 2 aliphatic rings. The largest absolute Gasteiger partial charge is 0.399 e. The summed E-state index contributed by atoms with van der Waals surface area (Å²) >= 11 is 0. The van der Waals surface area contributed by atoms with E-state index >= 15 is 0 Å². The lowest BCUT2D eigenvalue weighted by Crippen LogP contribution is -2.25. The monoisotopic (exact) mass is 530 g/mol. The summed E-state index contributed by atoms with van der Waals surface area (Å²) < 4.78 is 0. The molecule has 2 saturated carbocycles. The average molecular weight is 531 g/mol. The van der Waals surface area contributed by atoms with Crippen molar-refractivity contribution in [2.24, 2.45) is 17.8 Å². The van der Waals surface area contributed by atoms with E-state index in [0.29, 0.717) is 5.92 Å². The fourth-order valence-electron chi connectivity index (χ4n) is 7.75. The summed E-state index contributed by atoms with van der Waals surface area (Å²) in [4.78, 5) is 0. The second-order valence-electron chi connectivity index (χ2n) is 13.2. The van der Waals surface area contributed by atoms with Gasteiger partial charge in [-0.15, -0.1) is 0 Å². The highest BCUT2D eigenvalue weighted by Crippen LogP contribution is 2.45. The van der Waals surface area contributed by atoms with Crippen molar-refractivity contribution >= 4 is 11.4 Å². The molecule has 0 atom stereocenters. The van der Waals surface area contributed by atoms with Gasteiger partial charge in [0.1, 0.15) is 0 Å². The van der Waals surface area contributed by atoms with Crippen molar-refractivity contribution in [2.45, 2.75) is 141 Å². The molecule has 2 aromatic rings. The van der Waals surface area contributed by atoms with E-state index < -0.39 is 0 Å². The maximum absolute atomic E-state index is 6.60. The molecule has 2 aromatic carbocycles. The van der Waals surface area contributed by atoms with Gasteiger partial charge >= 0.3 is 0 Å². The second-order valence-corrected chi connectivity index (χ2v) is 13.2. The number of hydrogen-bond donors (Lipinski definition) is 2. The van der Waals surface area contributed by atoms with Gasteiger partial charge in [0.25, 0.3) is 0 Å². The van der Waals surface area contributed by atoms with Crippen LogP contribution in [0.15, 0.2) is 42.5 Å². The van der Waals surface area contributed by atoms with Crippen molar-refractivity contribution in [2.75, 3.05) is 11.5 Å². The van der Waals surface area contributed by atoms with Crippen molar-refractivity contribution in [3.8, 4) is 0 Å². The molecule has 216 valence electrons. The Balaban J connectivity index is 1.09. The van der Waals surface area contributed by atoms with Gasteiger partial charge in [-0.2, -0.15) is 0 Å². The number of hydrogen-bond acceptors (Lipinski definition) is 2.